The number of aryl methyl sites for hydroxylation is 1. The van der Waals surface area contributed by atoms with Crippen molar-refractivity contribution in [3.05, 3.63) is 86.8 Å². The molecule has 0 spiro atoms. The van der Waals surface area contributed by atoms with Crippen molar-refractivity contribution >= 4 is 49.7 Å². The van der Waals surface area contributed by atoms with Crippen LogP contribution in [0.1, 0.15) is 16.7 Å². The summed E-state index contributed by atoms with van der Waals surface area (Å²) in [6.45, 7) is 1.64. The number of hydrogen-bond acceptors (Lipinski definition) is 6. The van der Waals surface area contributed by atoms with Crippen molar-refractivity contribution < 1.29 is 22.7 Å². The van der Waals surface area contributed by atoms with Crippen LogP contribution in [0.3, 0.4) is 0 Å². The fourth-order valence-electron chi connectivity index (χ4n) is 2.90. The third-order valence-electron chi connectivity index (χ3n) is 4.74. The number of rotatable bonds is 10. The Bertz CT molecular complexity index is 1330. The standard InChI is InChI=1S/C24H23BrClN3O5S/c1-16-7-9-19(10-8-16)35(31,32)28-14-23(30)29-27-13-17-11-20(25)24(22(12-17)33-2)34-15-18-5-3-4-6-21(18)26/h3-13,28H,14-15H2,1-2H3,(H,29,30)/b27-13+. The molecule has 2 N–H and O–H groups in total. The largest absolute Gasteiger partial charge is 0.493 e. The molecule has 0 heterocycles. The van der Waals surface area contributed by atoms with Crippen LogP contribution in [0, 0.1) is 6.92 Å². The highest BCUT2D eigenvalue weighted by Crippen LogP contribution is 2.37. The number of halogens is 2. The summed E-state index contributed by atoms with van der Waals surface area (Å²) in [6, 6.07) is 17.1. The van der Waals surface area contributed by atoms with E-state index in [4.69, 9.17) is 21.1 Å². The fourth-order valence-corrected chi connectivity index (χ4v) is 4.65. The lowest BCUT2D eigenvalue weighted by Gasteiger charge is -2.14. The van der Waals surface area contributed by atoms with E-state index < -0.39 is 22.5 Å². The van der Waals surface area contributed by atoms with Crippen LogP contribution >= 0.6 is 27.5 Å². The first kappa shape index (κ1) is 26.7. The summed E-state index contributed by atoms with van der Waals surface area (Å²) in [5.74, 6) is 0.312. The average molecular weight is 581 g/mol. The van der Waals surface area contributed by atoms with Crippen LogP contribution in [0.4, 0.5) is 0 Å². The van der Waals surface area contributed by atoms with E-state index in [9.17, 15) is 13.2 Å². The maximum absolute atomic E-state index is 12.3. The third-order valence-corrected chi connectivity index (χ3v) is 7.11. The molecular formula is C24H23BrClN3O5S. The Morgan fingerprint density at radius 2 is 1.86 bits per heavy atom. The van der Waals surface area contributed by atoms with Gasteiger partial charge in [0.2, 0.25) is 10.0 Å². The molecule has 0 unspecified atom stereocenters. The van der Waals surface area contributed by atoms with Crippen molar-refractivity contribution in [2.24, 2.45) is 5.10 Å². The average Bonchev–Trinajstić information content (AvgIpc) is 2.83. The number of carbonyl (C=O) groups excluding carboxylic acids is 1. The van der Waals surface area contributed by atoms with Gasteiger partial charge in [0.15, 0.2) is 11.5 Å². The predicted molar refractivity (Wildman–Crippen MR) is 139 cm³/mol. The summed E-state index contributed by atoms with van der Waals surface area (Å²) in [5.41, 5.74) is 4.66. The van der Waals surface area contributed by atoms with Crippen LogP contribution in [0.5, 0.6) is 11.5 Å². The van der Waals surface area contributed by atoms with Gasteiger partial charge in [-0.3, -0.25) is 4.79 Å². The maximum Gasteiger partial charge on any atom is 0.255 e. The smallest absolute Gasteiger partial charge is 0.255 e. The topological polar surface area (TPSA) is 106 Å². The summed E-state index contributed by atoms with van der Waals surface area (Å²) in [7, 11) is -2.30. The van der Waals surface area contributed by atoms with Gasteiger partial charge in [0.1, 0.15) is 6.61 Å². The Labute approximate surface area is 217 Å². The van der Waals surface area contributed by atoms with Gasteiger partial charge in [0.05, 0.1) is 29.2 Å². The molecule has 1 amide bonds. The number of nitrogens with one attached hydrogen (secondary N) is 2. The van der Waals surface area contributed by atoms with Gasteiger partial charge in [-0.2, -0.15) is 5.10 Å². The van der Waals surface area contributed by atoms with E-state index in [1.807, 2.05) is 25.1 Å². The summed E-state index contributed by atoms with van der Waals surface area (Å²) < 4.78 is 38.7. The molecule has 0 aliphatic rings. The van der Waals surface area contributed by atoms with Crippen LogP contribution in [0.2, 0.25) is 5.02 Å². The lowest BCUT2D eigenvalue weighted by molar-refractivity contribution is -0.119. The quantitative estimate of drug-likeness (QED) is 0.273. The Morgan fingerprint density at radius 1 is 1.14 bits per heavy atom. The second-order valence-corrected chi connectivity index (χ2v) is 10.4. The van der Waals surface area contributed by atoms with Crippen LogP contribution in [0.25, 0.3) is 0 Å². The van der Waals surface area contributed by atoms with E-state index in [-0.39, 0.29) is 11.5 Å². The first-order valence-corrected chi connectivity index (χ1v) is 13.0. The van der Waals surface area contributed by atoms with E-state index >= 15 is 0 Å². The molecule has 0 aliphatic carbocycles. The molecule has 3 aromatic carbocycles. The van der Waals surface area contributed by atoms with Crippen LogP contribution in [0.15, 0.2) is 75.1 Å². The van der Waals surface area contributed by atoms with E-state index in [2.05, 4.69) is 31.2 Å². The number of hydrogen-bond donors (Lipinski definition) is 2. The molecule has 0 saturated carbocycles. The molecular weight excluding hydrogens is 558 g/mol. The SMILES string of the molecule is COc1cc(/C=N/NC(=O)CNS(=O)(=O)c2ccc(C)cc2)cc(Br)c1OCc1ccccc1Cl. The van der Waals surface area contributed by atoms with E-state index in [1.54, 1.807) is 30.3 Å². The predicted octanol–water partition coefficient (Wildman–Crippen LogP) is 4.43. The van der Waals surface area contributed by atoms with Crippen molar-refractivity contribution in [2.75, 3.05) is 13.7 Å². The van der Waals surface area contributed by atoms with Crippen LogP contribution in [-0.2, 0) is 21.4 Å². The van der Waals surface area contributed by atoms with Gasteiger partial charge in [0, 0.05) is 10.6 Å². The number of benzene rings is 3. The lowest BCUT2D eigenvalue weighted by Crippen LogP contribution is -2.34. The highest BCUT2D eigenvalue weighted by atomic mass is 79.9. The number of hydrazone groups is 1. The van der Waals surface area contributed by atoms with Crippen molar-refractivity contribution in [1.29, 1.82) is 0 Å². The van der Waals surface area contributed by atoms with E-state index in [0.29, 0.717) is 26.6 Å². The number of amides is 1. The lowest BCUT2D eigenvalue weighted by atomic mass is 10.2. The first-order chi connectivity index (χ1) is 16.7. The van der Waals surface area contributed by atoms with E-state index in [1.165, 1.54) is 25.5 Å². The Morgan fingerprint density at radius 3 is 2.54 bits per heavy atom. The first-order valence-electron chi connectivity index (χ1n) is 10.3. The van der Waals surface area contributed by atoms with E-state index in [0.717, 1.165) is 11.1 Å². The number of carbonyl (C=O) groups is 1. The Hall–Kier alpha value is -2.92. The van der Waals surface area contributed by atoms with Gasteiger partial charge in [-0.1, -0.05) is 47.5 Å². The molecule has 8 nitrogen and oxygen atoms in total. The van der Waals surface area contributed by atoms with Gasteiger partial charge >= 0.3 is 0 Å². The summed E-state index contributed by atoms with van der Waals surface area (Å²) in [5, 5.41) is 4.48. The van der Waals surface area contributed by atoms with Gasteiger partial charge in [-0.15, -0.1) is 0 Å². The zero-order valence-corrected chi connectivity index (χ0v) is 22.1. The van der Waals surface area contributed by atoms with Crippen molar-refractivity contribution in [3.8, 4) is 11.5 Å². The number of methoxy groups -OCH3 is 1. The summed E-state index contributed by atoms with van der Waals surface area (Å²) >= 11 is 9.64. The molecule has 0 aliphatic heterocycles. The molecule has 0 fully saturated rings. The van der Waals surface area contributed by atoms with Crippen molar-refractivity contribution in [1.82, 2.24) is 10.1 Å². The van der Waals surface area contributed by atoms with Gasteiger partial charge < -0.3 is 9.47 Å². The second kappa shape index (κ2) is 12.2. The molecule has 0 saturated heterocycles. The van der Waals surface area contributed by atoms with Crippen LogP contribution in [-0.4, -0.2) is 34.2 Å². The van der Waals surface area contributed by atoms with Gasteiger partial charge in [0.25, 0.3) is 5.91 Å². The highest BCUT2D eigenvalue weighted by molar-refractivity contribution is 9.10. The summed E-state index contributed by atoms with van der Waals surface area (Å²) in [4.78, 5) is 12.1. The van der Waals surface area contributed by atoms with Crippen molar-refractivity contribution in [2.45, 2.75) is 18.4 Å². The molecule has 3 aromatic rings. The van der Waals surface area contributed by atoms with Crippen LogP contribution < -0.4 is 19.6 Å². The monoisotopic (exact) mass is 579 g/mol. The maximum atomic E-state index is 12.3. The zero-order valence-electron chi connectivity index (χ0n) is 18.9. The minimum absolute atomic E-state index is 0.0770. The minimum Gasteiger partial charge on any atom is -0.493 e. The number of nitrogens with zero attached hydrogens (tertiary/aromatic N) is 1. The number of ether oxygens (including phenoxy) is 2. The molecule has 3 rings (SSSR count). The molecule has 0 aromatic heterocycles. The third kappa shape index (κ3) is 7.53. The molecule has 11 heteroatoms. The normalized spacial score (nSPS) is 11.4. The molecule has 0 bridgehead atoms. The molecule has 0 radical (unpaired) electrons. The van der Waals surface area contributed by atoms with Gasteiger partial charge in [-0.25, -0.2) is 18.6 Å². The van der Waals surface area contributed by atoms with Crippen molar-refractivity contribution in [3.63, 3.8) is 0 Å². The number of sulfonamides is 1. The Kier molecular flexibility index (Phi) is 9.27. The minimum atomic E-state index is -3.80. The van der Waals surface area contributed by atoms with Gasteiger partial charge in [-0.05, 0) is 58.7 Å². The molecule has 35 heavy (non-hydrogen) atoms. The fraction of sp³-hybridized carbons (Fsp3) is 0.167. The summed E-state index contributed by atoms with van der Waals surface area (Å²) in [6.07, 6.45) is 1.40. The molecule has 184 valence electrons. The zero-order chi connectivity index (χ0) is 25.4. The highest BCUT2D eigenvalue weighted by Gasteiger charge is 2.15. The molecule has 0 atom stereocenters. The second-order valence-electron chi connectivity index (χ2n) is 7.34. The Balaban J connectivity index is 1.59.